The number of carbonyl (C=O) groups is 1. The first-order valence-corrected chi connectivity index (χ1v) is 7.73. The maximum absolute atomic E-state index is 11.0. The molecule has 3 aromatic rings. The third-order valence-corrected chi connectivity index (χ3v) is 4.22. The molecule has 3 nitrogen and oxygen atoms in total. The molecule has 0 bridgehead atoms. The molecule has 0 aliphatic carbocycles. The van der Waals surface area contributed by atoms with Gasteiger partial charge in [0.2, 0.25) is 0 Å². The van der Waals surface area contributed by atoms with Crippen molar-refractivity contribution in [3.8, 4) is 0 Å². The third kappa shape index (κ3) is 3.92. The van der Waals surface area contributed by atoms with E-state index in [4.69, 9.17) is 0 Å². The van der Waals surface area contributed by atoms with Gasteiger partial charge in [-0.25, -0.2) is 4.98 Å². The average molecular weight is 314 g/mol. The van der Waals surface area contributed by atoms with Crippen LogP contribution in [0.15, 0.2) is 48.5 Å². The van der Waals surface area contributed by atoms with E-state index in [2.05, 4.69) is 28.5 Å². The molecule has 0 spiro atoms. The van der Waals surface area contributed by atoms with E-state index in [1.807, 2.05) is 30.3 Å². The van der Waals surface area contributed by atoms with Crippen molar-refractivity contribution < 1.29 is 6.22 Å². The molecule has 1 N–H and O–H groups in total. The van der Waals surface area contributed by atoms with E-state index in [1.54, 1.807) is 18.3 Å². The number of Topliss-reactive ketones (excluding diaryl/α,β-unsaturated/α-hetero) is 1. The first-order valence-electron chi connectivity index (χ1n) is 6.92. The molecule has 1 aromatic heterocycles. The standard InChI is InChI=1S/C17H16N2OS.CH4.H2/c1-12(20)6-7-13-8-10-14(11-9-13)18-17-19-15-4-2-3-5-16(15)21-17;;/h2-5,8-11H,6-7H2,1H3,(H,18,19);1H4;1H. The Balaban J connectivity index is 0.00000132. The second-order valence-electron chi connectivity index (χ2n) is 5.01. The van der Waals surface area contributed by atoms with E-state index < -0.39 is 0 Å². The van der Waals surface area contributed by atoms with Gasteiger partial charge in [-0.3, -0.25) is 0 Å². The molecule has 3 rings (SSSR count). The number of benzene rings is 2. The minimum absolute atomic E-state index is 0. The fourth-order valence-electron chi connectivity index (χ4n) is 2.12. The summed E-state index contributed by atoms with van der Waals surface area (Å²) in [5, 5.41) is 4.22. The number of ketones is 1. The fourth-order valence-corrected chi connectivity index (χ4v) is 3.01. The van der Waals surface area contributed by atoms with E-state index >= 15 is 0 Å². The average Bonchev–Trinajstić information content (AvgIpc) is 2.88. The van der Waals surface area contributed by atoms with Crippen molar-refractivity contribution in [3.05, 3.63) is 54.1 Å². The normalized spacial score (nSPS) is 10.2. The van der Waals surface area contributed by atoms with Gasteiger partial charge in [0, 0.05) is 13.5 Å². The molecule has 4 heteroatoms. The molecular formula is C18H22N2OS. The molecule has 0 fully saturated rings. The first kappa shape index (κ1) is 16.2. The van der Waals surface area contributed by atoms with Gasteiger partial charge in [-0.05, 0) is 43.2 Å². The lowest BCUT2D eigenvalue weighted by Crippen LogP contribution is -1.94. The molecule has 22 heavy (non-hydrogen) atoms. The molecule has 0 aliphatic heterocycles. The van der Waals surface area contributed by atoms with Crippen molar-refractivity contribution in [2.24, 2.45) is 0 Å². The van der Waals surface area contributed by atoms with Gasteiger partial charge in [-0.1, -0.05) is 43.0 Å². The Bertz CT molecular complexity index is 735. The van der Waals surface area contributed by atoms with Crippen molar-refractivity contribution in [2.45, 2.75) is 27.2 Å². The number of rotatable bonds is 5. The molecule has 0 atom stereocenters. The summed E-state index contributed by atoms with van der Waals surface area (Å²) in [6.07, 6.45) is 1.40. The van der Waals surface area contributed by atoms with Crippen molar-refractivity contribution >= 4 is 38.2 Å². The Morgan fingerprint density at radius 3 is 2.59 bits per heavy atom. The maximum atomic E-state index is 11.0. The van der Waals surface area contributed by atoms with Crippen molar-refractivity contribution in [3.63, 3.8) is 0 Å². The predicted molar refractivity (Wildman–Crippen MR) is 97.2 cm³/mol. The van der Waals surface area contributed by atoms with Crippen LogP contribution < -0.4 is 5.32 Å². The molecule has 1 heterocycles. The van der Waals surface area contributed by atoms with Crippen LogP contribution in [0.5, 0.6) is 0 Å². The Hall–Kier alpha value is -2.20. The SMILES string of the molecule is C.CC(=O)CCc1ccc(Nc2nc3ccccc3s2)cc1.[HH]. The minimum Gasteiger partial charge on any atom is -0.332 e. The van der Waals surface area contributed by atoms with E-state index in [9.17, 15) is 4.79 Å². The summed E-state index contributed by atoms with van der Waals surface area (Å²) in [5.41, 5.74) is 3.21. The zero-order valence-corrected chi connectivity index (χ0v) is 12.6. The molecule has 2 aromatic carbocycles. The summed E-state index contributed by atoms with van der Waals surface area (Å²) in [6.45, 7) is 1.63. The number of fused-ring (bicyclic) bond motifs is 1. The van der Waals surface area contributed by atoms with Crippen LogP contribution in [-0.2, 0) is 11.2 Å². The highest BCUT2D eigenvalue weighted by Gasteiger charge is 2.03. The Labute approximate surface area is 136 Å². The summed E-state index contributed by atoms with van der Waals surface area (Å²) in [4.78, 5) is 15.5. The van der Waals surface area contributed by atoms with Crippen LogP contribution in [0, 0.1) is 0 Å². The Morgan fingerprint density at radius 1 is 1.18 bits per heavy atom. The van der Waals surface area contributed by atoms with Crippen LogP contribution in [0.1, 0.15) is 27.8 Å². The molecule has 116 valence electrons. The lowest BCUT2D eigenvalue weighted by atomic mass is 10.1. The van der Waals surface area contributed by atoms with Gasteiger partial charge >= 0.3 is 0 Å². The van der Waals surface area contributed by atoms with Gasteiger partial charge in [0.1, 0.15) is 5.78 Å². The number of aromatic nitrogens is 1. The molecule has 0 aliphatic rings. The van der Waals surface area contributed by atoms with E-state index in [0.29, 0.717) is 6.42 Å². The van der Waals surface area contributed by atoms with Crippen molar-refractivity contribution in [1.82, 2.24) is 4.98 Å². The summed E-state index contributed by atoms with van der Waals surface area (Å²) in [5.74, 6) is 0.228. The van der Waals surface area contributed by atoms with Gasteiger partial charge < -0.3 is 10.1 Å². The summed E-state index contributed by atoms with van der Waals surface area (Å²) >= 11 is 1.64. The second kappa shape index (κ2) is 7.18. The molecule has 0 amide bonds. The summed E-state index contributed by atoms with van der Waals surface area (Å²) in [6, 6.07) is 16.3. The maximum Gasteiger partial charge on any atom is 0.188 e. The number of hydrogen-bond acceptors (Lipinski definition) is 4. The smallest absolute Gasteiger partial charge is 0.188 e. The van der Waals surface area contributed by atoms with Gasteiger partial charge in [-0.15, -0.1) is 0 Å². The number of carbonyl (C=O) groups excluding carboxylic acids is 1. The summed E-state index contributed by atoms with van der Waals surface area (Å²) in [7, 11) is 0. The predicted octanol–water partition coefficient (Wildman–Crippen LogP) is 5.44. The fraction of sp³-hybridized carbons (Fsp3) is 0.222. The van der Waals surface area contributed by atoms with E-state index in [-0.39, 0.29) is 14.6 Å². The number of aryl methyl sites for hydroxylation is 1. The molecule has 0 saturated heterocycles. The highest BCUT2D eigenvalue weighted by Crippen LogP contribution is 2.28. The lowest BCUT2D eigenvalue weighted by molar-refractivity contribution is -0.116. The third-order valence-electron chi connectivity index (χ3n) is 3.26. The van der Waals surface area contributed by atoms with Crippen molar-refractivity contribution in [1.29, 1.82) is 0 Å². The summed E-state index contributed by atoms with van der Waals surface area (Å²) < 4.78 is 1.18. The van der Waals surface area contributed by atoms with Crippen LogP contribution in [0.4, 0.5) is 10.8 Å². The van der Waals surface area contributed by atoms with E-state index in [0.717, 1.165) is 22.8 Å². The van der Waals surface area contributed by atoms with E-state index in [1.165, 1.54) is 10.3 Å². The number of hydrogen-bond donors (Lipinski definition) is 1. The molecular weight excluding hydrogens is 292 g/mol. The molecule has 0 unspecified atom stereocenters. The number of anilines is 2. The largest absolute Gasteiger partial charge is 0.332 e. The number of nitrogens with one attached hydrogen (secondary N) is 1. The van der Waals surface area contributed by atoms with Crippen LogP contribution in [-0.4, -0.2) is 10.8 Å². The van der Waals surface area contributed by atoms with Crippen LogP contribution in [0.2, 0.25) is 0 Å². The molecule has 0 radical (unpaired) electrons. The van der Waals surface area contributed by atoms with Gasteiger partial charge in [-0.2, -0.15) is 0 Å². The Morgan fingerprint density at radius 2 is 1.91 bits per heavy atom. The number of nitrogens with zero attached hydrogens (tertiary/aromatic N) is 1. The van der Waals surface area contributed by atoms with Crippen LogP contribution in [0.25, 0.3) is 10.2 Å². The topological polar surface area (TPSA) is 42.0 Å². The second-order valence-corrected chi connectivity index (χ2v) is 6.04. The number of para-hydroxylation sites is 1. The Kier molecular flexibility index (Phi) is 5.28. The van der Waals surface area contributed by atoms with Gasteiger partial charge in [0.25, 0.3) is 0 Å². The first-order chi connectivity index (χ1) is 10.2. The minimum atomic E-state index is 0. The highest BCUT2D eigenvalue weighted by atomic mass is 32.1. The molecule has 0 saturated carbocycles. The quantitative estimate of drug-likeness (QED) is 0.681. The van der Waals surface area contributed by atoms with Crippen molar-refractivity contribution in [2.75, 3.05) is 5.32 Å². The monoisotopic (exact) mass is 314 g/mol. The van der Waals surface area contributed by atoms with Gasteiger partial charge in [0.05, 0.1) is 10.2 Å². The number of thiazole rings is 1. The zero-order valence-electron chi connectivity index (χ0n) is 11.8. The zero-order chi connectivity index (χ0) is 14.7. The highest BCUT2D eigenvalue weighted by molar-refractivity contribution is 7.22. The lowest BCUT2D eigenvalue weighted by Gasteiger charge is -2.04. The van der Waals surface area contributed by atoms with Gasteiger partial charge in [0.15, 0.2) is 5.13 Å². The van der Waals surface area contributed by atoms with Crippen LogP contribution in [0.3, 0.4) is 0 Å². The van der Waals surface area contributed by atoms with Crippen LogP contribution >= 0.6 is 11.3 Å².